The third-order valence-electron chi connectivity index (χ3n) is 5.91. The number of piperazine rings is 1. The Hall–Kier alpha value is -3.38. The van der Waals surface area contributed by atoms with E-state index < -0.39 is 5.97 Å². The van der Waals surface area contributed by atoms with Crippen LogP contribution in [0, 0.1) is 0 Å². The number of esters is 1. The summed E-state index contributed by atoms with van der Waals surface area (Å²) in [5, 5.41) is 11.8. The van der Waals surface area contributed by atoms with Crippen LogP contribution in [0.2, 0.25) is 0 Å². The molecule has 1 saturated heterocycles. The molecule has 1 aliphatic heterocycles. The summed E-state index contributed by atoms with van der Waals surface area (Å²) < 4.78 is 5.21. The van der Waals surface area contributed by atoms with Crippen LogP contribution in [0.3, 0.4) is 0 Å². The smallest absolute Gasteiger partial charge is 0.342 e. The van der Waals surface area contributed by atoms with Crippen molar-refractivity contribution in [1.29, 1.82) is 0 Å². The summed E-state index contributed by atoms with van der Waals surface area (Å²) in [6, 6.07) is 21.1. The molecule has 31 heavy (non-hydrogen) atoms. The van der Waals surface area contributed by atoms with Crippen molar-refractivity contribution < 1.29 is 19.4 Å². The number of rotatable bonds is 5. The van der Waals surface area contributed by atoms with Crippen molar-refractivity contribution in [3.63, 3.8) is 0 Å². The van der Waals surface area contributed by atoms with Crippen molar-refractivity contribution in [2.24, 2.45) is 0 Å². The van der Waals surface area contributed by atoms with Gasteiger partial charge in [0.05, 0.1) is 0 Å². The second kappa shape index (κ2) is 9.18. The molecule has 0 aromatic heterocycles. The monoisotopic (exact) mass is 418 g/mol. The molecule has 3 aromatic rings. The molecule has 6 nitrogen and oxygen atoms in total. The van der Waals surface area contributed by atoms with Crippen LogP contribution in [-0.4, -0.2) is 59.6 Å². The number of benzene rings is 3. The van der Waals surface area contributed by atoms with Crippen LogP contribution in [0.1, 0.15) is 28.9 Å². The zero-order valence-electron chi connectivity index (χ0n) is 17.5. The lowest BCUT2D eigenvalue weighted by molar-refractivity contribution is -0.136. The van der Waals surface area contributed by atoms with Gasteiger partial charge in [0.25, 0.3) is 5.91 Å². The first-order valence-electron chi connectivity index (χ1n) is 10.5. The maximum absolute atomic E-state index is 12.5. The highest BCUT2D eigenvalue weighted by Crippen LogP contribution is 2.26. The maximum Gasteiger partial charge on any atom is 0.342 e. The first-order chi connectivity index (χ1) is 15.0. The van der Waals surface area contributed by atoms with Crippen LogP contribution in [0.4, 0.5) is 0 Å². The fourth-order valence-electron chi connectivity index (χ4n) is 3.99. The number of carbonyl (C=O) groups excluding carboxylic acids is 2. The van der Waals surface area contributed by atoms with Gasteiger partial charge in [-0.1, -0.05) is 54.6 Å². The van der Waals surface area contributed by atoms with Crippen molar-refractivity contribution in [2.45, 2.75) is 13.0 Å². The largest absolute Gasteiger partial charge is 0.507 e. The molecule has 3 aromatic carbocycles. The fraction of sp³-hybridized carbons (Fsp3) is 0.280. The molecule has 0 bridgehead atoms. The van der Waals surface area contributed by atoms with Crippen LogP contribution < -0.4 is 0 Å². The molecule has 1 heterocycles. The Balaban J connectivity index is 1.30. The minimum absolute atomic E-state index is 0.0630. The topological polar surface area (TPSA) is 70.1 Å². The Morgan fingerprint density at radius 1 is 0.935 bits per heavy atom. The highest BCUT2D eigenvalue weighted by Gasteiger charge is 2.25. The summed E-state index contributed by atoms with van der Waals surface area (Å²) in [4.78, 5) is 29.0. The Bertz CT molecular complexity index is 1080. The van der Waals surface area contributed by atoms with Gasteiger partial charge in [-0.25, -0.2) is 4.79 Å². The third-order valence-corrected chi connectivity index (χ3v) is 5.91. The van der Waals surface area contributed by atoms with Gasteiger partial charge >= 0.3 is 5.97 Å². The Labute approximate surface area is 181 Å². The standard InChI is InChI=1S/C25H26N2O4/c1-18(19-7-3-2-4-8-19)26-11-13-27(14-12-26)24(29)17-31-25(30)22-15-20-9-5-6-10-21(20)16-23(22)28/h2-10,15-16,18,28H,11-14,17H2,1H3. The highest BCUT2D eigenvalue weighted by atomic mass is 16.5. The minimum Gasteiger partial charge on any atom is -0.507 e. The second-order valence-electron chi connectivity index (χ2n) is 7.80. The molecule has 160 valence electrons. The minimum atomic E-state index is -0.701. The van der Waals surface area contributed by atoms with Crippen LogP contribution in [0.25, 0.3) is 10.8 Å². The first-order valence-corrected chi connectivity index (χ1v) is 10.5. The summed E-state index contributed by atoms with van der Waals surface area (Å²) >= 11 is 0. The third kappa shape index (κ3) is 4.70. The molecule has 1 fully saturated rings. The molecule has 0 radical (unpaired) electrons. The lowest BCUT2D eigenvalue weighted by Gasteiger charge is -2.38. The fourth-order valence-corrected chi connectivity index (χ4v) is 3.99. The van der Waals surface area contributed by atoms with Crippen molar-refractivity contribution >= 4 is 22.6 Å². The van der Waals surface area contributed by atoms with E-state index in [1.54, 1.807) is 11.0 Å². The number of amides is 1. The number of aromatic hydroxyl groups is 1. The molecular formula is C25H26N2O4. The number of carbonyl (C=O) groups is 2. The van der Waals surface area contributed by atoms with Crippen LogP contribution in [0.15, 0.2) is 66.7 Å². The molecule has 1 amide bonds. The predicted molar refractivity (Wildman–Crippen MR) is 119 cm³/mol. The van der Waals surface area contributed by atoms with Gasteiger partial charge in [-0.05, 0) is 35.4 Å². The van der Waals surface area contributed by atoms with Crippen molar-refractivity contribution in [1.82, 2.24) is 9.80 Å². The zero-order valence-corrected chi connectivity index (χ0v) is 17.5. The number of ether oxygens (including phenoxy) is 1. The summed E-state index contributed by atoms with van der Waals surface area (Å²) in [5.41, 5.74) is 1.32. The molecule has 0 saturated carbocycles. The van der Waals surface area contributed by atoms with Gasteiger partial charge in [-0.3, -0.25) is 9.69 Å². The maximum atomic E-state index is 12.5. The van der Waals surface area contributed by atoms with Crippen LogP contribution in [-0.2, 0) is 9.53 Å². The van der Waals surface area contributed by atoms with E-state index in [-0.39, 0.29) is 29.9 Å². The van der Waals surface area contributed by atoms with Gasteiger partial charge in [0.15, 0.2) is 6.61 Å². The summed E-state index contributed by atoms with van der Waals surface area (Å²) in [6.07, 6.45) is 0. The van der Waals surface area contributed by atoms with E-state index in [1.807, 2.05) is 42.5 Å². The van der Waals surface area contributed by atoms with E-state index in [0.29, 0.717) is 13.1 Å². The van der Waals surface area contributed by atoms with Gasteiger partial charge in [0.1, 0.15) is 11.3 Å². The van der Waals surface area contributed by atoms with E-state index in [9.17, 15) is 14.7 Å². The van der Waals surface area contributed by atoms with E-state index in [0.717, 1.165) is 23.9 Å². The zero-order chi connectivity index (χ0) is 21.8. The molecule has 1 aliphatic rings. The molecule has 1 atom stereocenters. The van der Waals surface area contributed by atoms with E-state index in [4.69, 9.17) is 4.74 Å². The number of fused-ring (bicyclic) bond motifs is 1. The van der Waals surface area contributed by atoms with Crippen molar-refractivity contribution in [3.8, 4) is 5.75 Å². The lowest BCUT2D eigenvalue weighted by Crippen LogP contribution is -2.50. The molecule has 4 rings (SSSR count). The summed E-state index contributed by atoms with van der Waals surface area (Å²) in [6.45, 7) is 4.55. The van der Waals surface area contributed by atoms with Gasteiger partial charge in [0, 0.05) is 32.2 Å². The molecule has 0 spiro atoms. The van der Waals surface area contributed by atoms with Gasteiger partial charge in [0.2, 0.25) is 0 Å². The number of hydrogen-bond donors (Lipinski definition) is 1. The van der Waals surface area contributed by atoms with Crippen molar-refractivity contribution in [3.05, 3.63) is 77.9 Å². The Morgan fingerprint density at radius 2 is 1.55 bits per heavy atom. The molecular weight excluding hydrogens is 392 g/mol. The normalized spacial score (nSPS) is 15.6. The van der Waals surface area contributed by atoms with Crippen LogP contribution in [0.5, 0.6) is 5.75 Å². The van der Waals surface area contributed by atoms with Gasteiger partial charge in [-0.2, -0.15) is 0 Å². The summed E-state index contributed by atoms with van der Waals surface area (Å²) in [7, 11) is 0. The molecule has 1 N–H and O–H groups in total. The Kier molecular flexibility index (Phi) is 6.18. The quantitative estimate of drug-likeness (QED) is 0.641. The molecule has 0 aliphatic carbocycles. The number of phenolic OH excluding ortho intramolecular Hbond substituents is 1. The van der Waals surface area contributed by atoms with E-state index >= 15 is 0 Å². The van der Waals surface area contributed by atoms with E-state index in [2.05, 4.69) is 24.0 Å². The number of hydrogen-bond acceptors (Lipinski definition) is 5. The first kappa shape index (κ1) is 20.9. The lowest BCUT2D eigenvalue weighted by atomic mass is 10.1. The summed E-state index contributed by atoms with van der Waals surface area (Å²) in [5.74, 6) is -1.08. The number of nitrogens with zero attached hydrogens (tertiary/aromatic N) is 2. The molecule has 6 heteroatoms. The number of phenols is 1. The predicted octanol–water partition coefficient (Wildman–Crippen LogP) is 3.61. The van der Waals surface area contributed by atoms with E-state index in [1.165, 1.54) is 11.6 Å². The second-order valence-corrected chi connectivity index (χ2v) is 7.80. The van der Waals surface area contributed by atoms with Crippen molar-refractivity contribution in [2.75, 3.05) is 32.8 Å². The Morgan fingerprint density at radius 3 is 2.23 bits per heavy atom. The SMILES string of the molecule is CC(c1ccccc1)N1CCN(C(=O)COC(=O)c2cc3ccccc3cc2O)CC1. The average molecular weight is 418 g/mol. The average Bonchev–Trinajstić information content (AvgIpc) is 2.82. The molecule has 1 unspecified atom stereocenters. The van der Waals surface area contributed by atoms with Gasteiger partial charge < -0.3 is 14.7 Å². The van der Waals surface area contributed by atoms with Crippen LogP contribution >= 0.6 is 0 Å². The highest BCUT2D eigenvalue weighted by molar-refractivity contribution is 5.99. The van der Waals surface area contributed by atoms with Gasteiger partial charge in [-0.15, -0.1) is 0 Å².